The maximum atomic E-state index is 11.8. The molecule has 10 heteroatoms. The molecular weight excluding hydrogens is 418 g/mol. The molecule has 5 rings (SSSR count). The molecule has 33 heavy (non-hydrogen) atoms. The summed E-state index contributed by atoms with van der Waals surface area (Å²) in [5.74, 6) is 1.16. The number of aryl methyl sites for hydroxylation is 1. The average molecular weight is 439 g/mol. The van der Waals surface area contributed by atoms with Gasteiger partial charge in [-0.25, -0.2) is 9.97 Å². The van der Waals surface area contributed by atoms with Gasteiger partial charge in [-0.2, -0.15) is 5.21 Å². The van der Waals surface area contributed by atoms with Crippen molar-refractivity contribution < 1.29 is 4.79 Å². The molecule has 4 N–H and O–H groups in total. The minimum absolute atomic E-state index is 0.288. The van der Waals surface area contributed by atoms with E-state index >= 15 is 0 Å². The Morgan fingerprint density at radius 1 is 1.12 bits per heavy atom. The first-order chi connectivity index (χ1) is 16.1. The molecule has 0 saturated carbocycles. The van der Waals surface area contributed by atoms with Crippen LogP contribution in [0.15, 0.2) is 60.8 Å². The van der Waals surface area contributed by atoms with E-state index in [1.807, 2.05) is 37.3 Å². The maximum absolute atomic E-state index is 11.8. The van der Waals surface area contributed by atoms with Crippen LogP contribution in [0.5, 0.6) is 0 Å². The summed E-state index contributed by atoms with van der Waals surface area (Å²) < 4.78 is 1.65. The number of benzene rings is 2. The van der Waals surface area contributed by atoms with Gasteiger partial charge in [0.1, 0.15) is 11.5 Å². The third-order valence-corrected chi connectivity index (χ3v) is 5.40. The van der Waals surface area contributed by atoms with E-state index in [1.165, 1.54) is 6.20 Å². The van der Waals surface area contributed by atoms with Crippen LogP contribution in [-0.4, -0.2) is 40.9 Å². The van der Waals surface area contributed by atoms with Crippen LogP contribution >= 0.6 is 0 Å². The lowest BCUT2D eigenvalue weighted by atomic mass is 9.98. The predicted octanol–water partition coefficient (Wildman–Crippen LogP) is 2.85. The molecular formula is C23H21N9O. The van der Waals surface area contributed by atoms with E-state index in [9.17, 15) is 4.79 Å². The number of primary amides is 1. The van der Waals surface area contributed by atoms with Crippen molar-refractivity contribution in [2.75, 3.05) is 5.32 Å². The molecule has 0 radical (unpaired) electrons. The monoisotopic (exact) mass is 439 g/mol. The number of nitrogens with two attached hydrogens (primary N) is 1. The molecule has 0 aliphatic rings. The lowest BCUT2D eigenvalue weighted by Gasteiger charge is -2.13. The van der Waals surface area contributed by atoms with Crippen molar-refractivity contribution in [3.8, 4) is 22.5 Å². The van der Waals surface area contributed by atoms with Crippen molar-refractivity contribution in [2.24, 2.45) is 5.73 Å². The first-order valence-corrected chi connectivity index (χ1v) is 10.5. The quantitative estimate of drug-likeness (QED) is 0.354. The van der Waals surface area contributed by atoms with Gasteiger partial charge in [0.15, 0.2) is 0 Å². The molecule has 1 amide bonds. The number of hydrogen-bond donors (Lipinski definition) is 3. The molecule has 3 heterocycles. The van der Waals surface area contributed by atoms with Crippen LogP contribution in [0.1, 0.15) is 28.7 Å². The van der Waals surface area contributed by atoms with Crippen molar-refractivity contribution in [1.29, 1.82) is 0 Å². The molecule has 5 aromatic rings. The van der Waals surface area contributed by atoms with Gasteiger partial charge in [-0.05, 0) is 28.3 Å². The van der Waals surface area contributed by atoms with Crippen LogP contribution in [0.4, 0.5) is 5.82 Å². The fourth-order valence-corrected chi connectivity index (χ4v) is 3.73. The Bertz CT molecular complexity index is 1420. The summed E-state index contributed by atoms with van der Waals surface area (Å²) in [6, 6.07) is 18.1. The number of anilines is 1. The SMILES string of the molecule is CCc1cc(NCc2ccc(-c3ccccc3-c3nn[nH]n3)cc2)n2c(C(N)=O)cnc2n1. The molecule has 0 unspecified atom stereocenters. The normalized spacial score (nSPS) is 11.1. The Balaban J connectivity index is 1.41. The van der Waals surface area contributed by atoms with Crippen molar-refractivity contribution in [3.63, 3.8) is 0 Å². The number of carbonyl (C=O) groups excluding carboxylic acids is 1. The van der Waals surface area contributed by atoms with Crippen LogP contribution in [0.3, 0.4) is 0 Å². The summed E-state index contributed by atoms with van der Waals surface area (Å²) in [5.41, 5.74) is 10.7. The van der Waals surface area contributed by atoms with E-state index in [1.54, 1.807) is 4.40 Å². The molecule has 2 aromatic carbocycles. The zero-order valence-corrected chi connectivity index (χ0v) is 17.9. The Kier molecular flexibility index (Phi) is 5.23. The van der Waals surface area contributed by atoms with Gasteiger partial charge in [-0.15, -0.1) is 10.2 Å². The molecule has 0 fully saturated rings. The molecule has 0 saturated heterocycles. The van der Waals surface area contributed by atoms with Gasteiger partial charge in [0.05, 0.1) is 6.20 Å². The zero-order chi connectivity index (χ0) is 22.8. The Hall–Kier alpha value is -4.60. The number of imidazole rings is 1. The summed E-state index contributed by atoms with van der Waals surface area (Å²) in [4.78, 5) is 20.5. The number of aromatic amines is 1. The van der Waals surface area contributed by atoms with Crippen LogP contribution in [0, 0.1) is 0 Å². The van der Waals surface area contributed by atoms with Gasteiger partial charge >= 0.3 is 0 Å². The Morgan fingerprint density at radius 3 is 2.61 bits per heavy atom. The minimum atomic E-state index is -0.554. The standard InChI is InChI=1S/C23H21N9O/c1-2-16-11-20(32-19(21(24)33)13-26-23(32)27-16)25-12-14-7-9-15(10-8-14)17-5-3-4-6-18(17)22-28-30-31-29-22/h3-11,13,25H,2,12H2,1H3,(H2,24,33)(H,28,29,30,31). The number of amides is 1. The van der Waals surface area contributed by atoms with E-state index in [0.29, 0.717) is 18.1 Å². The second kappa shape index (κ2) is 8.50. The van der Waals surface area contributed by atoms with Gasteiger partial charge in [0, 0.05) is 23.9 Å². The Labute approximate surface area is 188 Å². The summed E-state index contributed by atoms with van der Waals surface area (Å²) >= 11 is 0. The van der Waals surface area contributed by atoms with Crippen molar-refractivity contribution in [3.05, 3.63) is 77.7 Å². The smallest absolute Gasteiger partial charge is 0.267 e. The number of H-pyrrole nitrogens is 1. The zero-order valence-electron chi connectivity index (χ0n) is 17.9. The van der Waals surface area contributed by atoms with Gasteiger partial charge in [-0.1, -0.05) is 55.5 Å². The average Bonchev–Trinajstić information content (AvgIpc) is 3.53. The van der Waals surface area contributed by atoms with E-state index in [-0.39, 0.29) is 5.69 Å². The number of nitrogens with one attached hydrogen (secondary N) is 2. The second-order valence-electron chi connectivity index (χ2n) is 7.46. The molecule has 0 aliphatic heterocycles. The molecule has 10 nitrogen and oxygen atoms in total. The Morgan fingerprint density at radius 2 is 1.91 bits per heavy atom. The van der Waals surface area contributed by atoms with Crippen LogP contribution in [0.2, 0.25) is 0 Å². The van der Waals surface area contributed by atoms with E-state index in [2.05, 4.69) is 60.2 Å². The molecule has 0 aliphatic carbocycles. The van der Waals surface area contributed by atoms with Gasteiger partial charge < -0.3 is 11.1 Å². The summed E-state index contributed by atoms with van der Waals surface area (Å²) in [6.45, 7) is 2.57. The number of carbonyl (C=O) groups is 1. The van der Waals surface area contributed by atoms with Crippen molar-refractivity contribution in [2.45, 2.75) is 19.9 Å². The fourth-order valence-electron chi connectivity index (χ4n) is 3.73. The number of rotatable bonds is 7. The van der Waals surface area contributed by atoms with Crippen molar-refractivity contribution >= 4 is 17.5 Å². The predicted molar refractivity (Wildman–Crippen MR) is 123 cm³/mol. The van der Waals surface area contributed by atoms with Crippen LogP contribution in [-0.2, 0) is 13.0 Å². The van der Waals surface area contributed by atoms with Gasteiger partial charge in [-0.3, -0.25) is 9.20 Å². The highest BCUT2D eigenvalue weighted by Gasteiger charge is 2.15. The number of tetrazole rings is 1. The molecule has 0 bridgehead atoms. The van der Waals surface area contributed by atoms with Gasteiger partial charge in [0.2, 0.25) is 11.6 Å². The number of hydrogen-bond acceptors (Lipinski definition) is 7. The highest BCUT2D eigenvalue weighted by molar-refractivity contribution is 5.92. The third-order valence-electron chi connectivity index (χ3n) is 5.40. The summed E-state index contributed by atoms with van der Waals surface area (Å²) in [7, 11) is 0. The van der Waals surface area contributed by atoms with E-state index in [0.717, 1.165) is 40.2 Å². The van der Waals surface area contributed by atoms with E-state index < -0.39 is 5.91 Å². The topological polar surface area (TPSA) is 140 Å². The molecule has 0 spiro atoms. The largest absolute Gasteiger partial charge is 0.367 e. The molecule has 0 atom stereocenters. The lowest BCUT2D eigenvalue weighted by Crippen LogP contribution is -2.16. The first-order valence-electron chi connectivity index (χ1n) is 10.5. The van der Waals surface area contributed by atoms with E-state index in [4.69, 9.17) is 5.73 Å². The molecule has 164 valence electrons. The number of aromatic nitrogens is 7. The minimum Gasteiger partial charge on any atom is -0.367 e. The van der Waals surface area contributed by atoms with Gasteiger partial charge in [0.25, 0.3) is 5.91 Å². The summed E-state index contributed by atoms with van der Waals surface area (Å²) in [6.07, 6.45) is 2.20. The number of fused-ring (bicyclic) bond motifs is 1. The highest BCUT2D eigenvalue weighted by Crippen LogP contribution is 2.29. The van der Waals surface area contributed by atoms with Crippen molar-refractivity contribution in [1.82, 2.24) is 35.0 Å². The lowest BCUT2D eigenvalue weighted by molar-refractivity contribution is 0.0995. The molecule has 3 aromatic heterocycles. The number of nitrogens with zero attached hydrogens (tertiary/aromatic N) is 6. The summed E-state index contributed by atoms with van der Waals surface area (Å²) in [5, 5.41) is 17.8. The maximum Gasteiger partial charge on any atom is 0.267 e. The first kappa shape index (κ1) is 20.3. The second-order valence-corrected chi connectivity index (χ2v) is 7.46. The van der Waals surface area contributed by atoms with Crippen LogP contribution in [0.25, 0.3) is 28.3 Å². The fraction of sp³-hybridized carbons (Fsp3) is 0.130. The highest BCUT2D eigenvalue weighted by atomic mass is 16.1. The van der Waals surface area contributed by atoms with Crippen LogP contribution < -0.4 is 11.1 Å². The third kappa shape index (κ3) is 3.89.